The first kappa shape index (κ1) is 15.8. The van der Waals surface area contributed by atoms with Crippen LogP contribution in [0.2, 0.25) is 0 Å². The minimum Gasteiger partial charge on any atom is -0.463 e. The predicted molar refractivity (Wildman–Crippen MR) is 80.9 cm³/mol. The molecule has 24 heavy (non-hydrogen) atoms. The zero-order valence-electron chi connectivity index (χ0n) is 16.1. The zero-order chi connectivity index (χ0) is 20.9. The van der Waals surface area contributed by atoms with Gasteiger partial charge in [0.1, 0.15) is 12.7 Å². The van der Waals surface area contributed by atoms with Crippen molar-refractivity contribution in [3.8, 4) is 0 Å². The third-order valence-corrected chi connectivity index (χ3v) is 3.61. The Morgan fingerprint density at radius 1 is 0.917 bits per heavy atom. The van der Waals surface area contributed by atoms with Crippen LogP contribution in [0.4, 0.5) is 0 Å². The summed E-state index contributed by atoms with van der Waals surface area (Å²) in [6, 6.07) is 0. The van der Waals surface area contributed by atoms with Crippen molar-refractivity contribution in [3.05, 3.63) is 0 Å². The van der Waals surface area contributed by atoms with Crippen molar-refractivity contribution in [2.24, 2.45) is 0 Å². The molecule has 1 aliphatic heterocycles. The average Bonchev–Trinajstić information content (AvgIpc) is 2.49. The number of halogens is 1. The first-order valence-corrected chi connectivity index (χ1v) is 7.73. The maximum atomic E-state index is 11.8. The molecule has 0 bridgehead atoms. The molecule has 0 aromatic carbocycles. The van der Waals surface area contributed by atoms with Gasteiger partial charge in [-0.15, -0.1) is 0 Å². The fourth-order valence-electron chi connectivity index (χ4n) is 2.11. The van der Waals surface area contributed by atoms with Gasteiger partial charge >= 0.3 is 23.9 Å². The smallest absolute Gasteiger partial charge is 0.303 e. The van der Waals surface area contributed by atoms with Gasteiger partial charge in [-0.2, -0.15) is 0 Å². The topological polar surface area (TPSA) is 114 Å². The van der Waals surface area contributed by atoms with Crippen LogP contribution < -0.4 is 0 Å². The van der Waals surface area contributed by atoms with Gasteiger partial charge in [0.25, 0.3) is 0 Å². The van der Waals surface area contributed by atoms with Crippen molar-refractivity contribution < 1.29 is 47.0 Å². The molecule has 0 saturated carbocycles. The minimum atomic E-state index is -3.07. The summed E-state index contributed by atoms with van der Waals surface area (Å²) in [4.78, 5) is 45.8. The van der Waals surface area contributed by atoms with E-state index in [1.54, 1.807) is 0 Å². The van der Waals surface area contributed by atoms with Gasteiger partial charge in [0, 0.05) is 31.7 Å². The number of alkyl halides is 1. The summed E-state index contributed by atoms with van der Waals surface area (Å²) < 4.78 is 46.8. The van der Waals surface area contributed by atoms with Crippen LogP contribution in [0.5, 0.6) is 0 Å². The van der Waals surface area contributed by atoms with Gasteiger partial charge in [-0.05, 0) is 0 Å². The Labute approximate surface area is 151 Å². The Kier molecular flexibility index (Phi) is 5.92. The standard InChI is InChI=1S/C14H19BrO9/c1-6(16)20-5-10-11(21-7(2)17)12(22-8(3)18)13(14(15)24-10)23-9(4)19/h10-14H,5H2,1-4H3/t10-,11+,12+,13-,14+/m1/s1/i4D3. The number of rotatable bonds is 5. The van der Waals surface area contributed by atoms with Crippen LogP contribution in [-0.4, -0.2) is 59.9 Å². The van der Waals surface area contributed by atoms with E-state index in [1.165, 1.54) is 0 Å². The Bertz CT molecular complexity index is 595. The molecule has 5 atom stereocenters. The number of hydrogen-bond acceptors (Lipinski definition) is 9. The molecule has 10 heteroatoms. The number of carbonyl (C=O) groups is 4. The van der Waals surface area contributed by atoms with Crippen molar-refractivity contribution in [1.82, 2.24) is 0 Å². The van der Waals surface area contributed by atoms with Gasteiger partial charge in [-0.25, -0.2) is 0 Å². The summed E-state index contributed by atoms with van der Waals surface area (Å²) in [5, 5.41) is -1.14. The third kappa shape index (κ3) is 6.08. The molecule has 0 unspecified atom stereocenters. The van der Waals surface area contributed by atoms with Gasteiger partial charge in [0.15, 0.2) is 23.3 Å². The first-order valence-electron chi connectivity index (χ1n) is 8.31. The fraction of sp³-hybridized carbons (Fsp3) is 0.714. The van der Waals surface area contributed by atoms with Crippen LogP contribution in [0.15, 0.2) is 0 Å². The number of ether oxygens (including phenoxy) is 5. The van der Waals surface area contributed by atoms with Gasteiger partial charge in [0.2, 0.25) is 0 Å². The molecule has 0 spiro atoms. The lowest BCUT2D eigenvalue weighted by atomic mass is 9.99. The lowest BCUT2D eigenvalue weighted by Gasteiger charge is -2.42. The second-order valence-electron chi connectivity index (χ2n) is 4.85. The van der Waals surface area contributed by atoms with E-state index in [9.17, 15) is 19.2 Å². The van der Waals surface area contributed by atoms with Crippen LogP contribution in [0.3, 0.4) is 0 Å². The molecule has 1 rings (SSSR count). The molecule has 0 amide bonds. The van der Waals surface area contributed by atoms with Crippen molar-refractivity contribution in [1.29, 1.82) is 0 Å². The number of esters is 4. The SMILES string of the molecule is [2H]C([2H])([2H])C(=O)O[C@@H]1[C@@H](OC(C)=O)[C@@H](OC(C)=O)[C@@H](COC(C)=O)O[C@@H]1Br. The van der Waals surface area contributed by atoms with Crippen LogP contribution in [-0.2, 0) is 42.9 Å². The third-order valence-electron chi connectivity index (χ3n) is 2.88. The summed E-state index contributed by atoms with van der Waals surface area (Å²) in [5.74, 6) is -3.77. The second kappa shape index (κ2) is 8.97. The van der Waals surface area contributed by atoms with E-state index in [0.29, 0.717) is 0 Å². The summed E-state index contributed by atoms with van der Waals surface area (Å²) in [6.45, 7) is -0.128. The summed E-state index contributed by atoms with van der Waals surface area (Å²) >= 11 is 3.07. The zero-order valence-corrected chi connectivity index (χ0v) is 14.7. The molecular weight excluding hydrogens is 392 g/mol. The second-order valence-corrected chi connectivity index (χ2v) is 5.75. The van der Waals surface area contributed by atoms with Crippen molar-refractivity contribution in [2.75, 3.05) is 6.61 Å². The molecule has 0 radical (unpaired) electrons. The number of hydrogen-bond donors (Lipinski definition) is 0. The average molecular weight is 414 g/mol. The van der Waals surface area contributed by atoms with Crippen LogP contribution in [0, 0.1) is 0 Å². The van der Waals surface area contributed by atoms with E-state index in [0.717, 1.165) is 20.8 Å². The van der Waals surface area contributed by atoms with Crippen molar-refractivity contribution >= 4 is 39.8 Å². The van der Waals surface area contributed by atoms with E-state index in [-0.39, 0.29) is 6.61 Å². The fourth-order valence-corrected chi connectivity index (χ4v) is 2.79. The van der Waals surface area contributed by atoms with Gasteiger partial charge < -0.3 is 23.7 Å². The lowest BCUT2D eigenvalue weighted by molar-refractivity contribution is -0.236. The first-order chi connectivity index (χ1) is 12.3. The van der Waals surface area contributed by atoms with E-state index in [2.05, 4.69) is 15.9 Å². The Morgan fingerprint density at radius 2 is 1.46 bits per heavy atom. The van der Waals surface area contributed by atoms with Crippen molar-refractivity contribution in [2.45, 2.75) is 57.1 Å². The number of carbonyl (C=O) groups excluding carboxylic acids is 4. The van der Waals surface area contributed by atoms with E-state index < -0.39 is 60.2 Å². The van der Waals surface area contributed by atoms with Crippen LogP contribution in [0.1, 0.15) is 31.7 Å². The van der Waals surface area contributed by atoms with E-state index in [1.807, 2.05) is 0 Å². The Morgan fingerprint density at radius 3 is 1.96 bits per heavy atom. The molecule has 1 fully saturated rings. The lowest BCUT2D eigenvalue weighted by Crippen LogP contribution is -2.60. The quantitative estimate of drug-likeness (QED) is 0.360. The van der Waals surface area contributed by atoms with Gasteiger partial charge in [-0.3, -0.25) is 19.2 Å². The highest BCUT2D eigenvalue weighted by Crippen LogP contribution is 2.31. The molecule has 1 heterocycles. The van der Waals surface area contributed by atoms with Crippen molar-refractivity contribution in [3.63, 3.8) is 0 Å². The molecule has 0 aliphatic carbocycles. The predicted octanol–water partition coefficient (Wildman–Crippen LogP) is 0.464. The van der Waals surface area contributed by atoms with Gasteiger partial charge in [0.05, 0.1) is 0 Å². The Balaban J connectivity index is 3.18. The van der Waals surface area contributed by atoms with Crippen LogP contribution in [0.25, 0.3) is 0 Å². The highest BCUT2D eigenvalue weighted by Gasteiger charge is 2.51. The largest absolute Gasteiger partial charge is 0.463 e. The minimum absolute atomic E-state index is 0.354. The molecule has 0 aromatic heterocycles. The maximum Gasteiger partial charge on any atom is 0.303 e. The molecule has 0 N–H and O–H groups in total. The maximum absolute atomic E-state index is 11.8. The highest BCUT2D eigenvalue weighted by molar-refractivity contribution is 9.09. The van der Waals surface area contributed by atoms with Gasteiger partial charge in [-0.1, -0.05) is 15.9 Å². The highest BCUT2D eigenvalue weighted by atomic mass is 79.9. The normalized spacial score (nSPS) is 31.7. The molecular formula is C14H19BrO9. The summed E-state index contributed by atoms with van der Waals surface area (Å²) in [7, 11) is 0. The van der Waals surface area contributed by atoms with Crippen LogP contribution >= 0.6 is 15.9 Å². The molecule has 136 valence electrons. The monoisotopic (exact) mass is 413 g/mol. The molecule has 9 nitrogen and oxygen atoms in total. The Hall–Kier alpha value is -1.68. The summed E-state index contributed by atoms with van der Waals surface area (Å²) in [5.41, 5.74) is 0. The molecule has 1 saturated heterocycles. The molecule has 0 aromatic rings. The summed E-state index contributed by atoms with van der Waals surface area (Å²) in [6.07, 6.45) is -5.25. The molecule has 1 aliphatic rings. The van der Waals surface area contributed by atoms with E-state index >= 15 is 0 Å². The van der Waals surface area contributed by atoms with E-state index in [4.69, 9.17) is 27.8 Å².